The lowest BCUT2D eigenvalue weighted by Crippen LogP contribution is -2.45. The molecule has 2 aromatic rings. The second kappa shape index (κ2) is 11.6. The minimum Gasteiger partial charge on any atom is -0.383 e. The number of nitrogens with one attached hydrogen (secondary N) is 1. The number of H-pyrrole nitrogens is 1. The van der Waals surface area contributed by atoms with Crippen molar-refractivity contribution < 1.29 is 9.59 Å². The molecule has 2 atom stereocenters. The Morgan fingerprint density at radius 2 is 1.86 bits per heavy atom. The van der Waals surface area contributed by atoms with E-state index in [2.05, 4.69) is 18.8 Å². The van der Waals surface area contributed by atoms with E-state index < -0.39 is 17.2 Å². The van der Waals surface area contributed by atoms with Crippen molar-refractivity contribution in [2.45, 2.75) is 72.8 Å². The molecule has 9 heteroatoms. The van der Waals surface area contributed by atoms with Gasteiger partial charge in [0.2, 0.25) is 11.8 Å². The van der Waals surface area contributed by atoms with Gasteiger partial charge in [0.25, 0.3) is 5.56 Å². The van der Waals surface area contributed by atoms with E-state index in [1.165, 1.54) is 9.47 Å². The van der Waals surface area contributed by atoms with Crippen LogP contribution < -0.4 is 26.8 Å². The maximum Gasteiger partial charge on any atom is 0.330 e. The number of benzene rings is 1. The number of para-hydroxylation sites is 1. The normalized spacial score (nSPS) is 16.6. The van der Waals surface area contributed by atoms with Crippen molar-refractivity contribution in [3.63, 3.8) is 0 Å². The van der Waals surface area contributed by atoms with E-state index in [9.17, 15) is 19.2 Å². The Bertz CT molecular complexity index is 1220. The van der Waals surface area contributed by atoms with Crippen molar-refractivity contribution in [3.8, 4) is 0 Å². The summed E-state index contributed by atoms with van der Waals surface area (Å²) < 4.78 is 1.31. The second-order valence-electron chi connectivity index (χ2n) is 10.1. The van der Waals surface area contributed by atoms with E-state index in [0.29, 0.717) is 13.0 Å². The maximum atomic E-state index is 13.8. The zero-order chi connectivity index (χ0) is 26.6. The lowest BCUT2D eigenvalue weighted by Gasteiger charge is -2.28. The Hall–Kier alpha value is -3.36. The van der Waals surface area contributed by atoms with E-state index in [-0.39, 0.29) is 54.7 Å². The van der Waals surface area contributed by atoms with Gasteiger partial charge in [-0.05, 0) is 36.3 Å². The SMILES string of the molecule is CCCCn1c(N)c(N(CC(C)C)C(=O)[C@H]2CC(=O)N(c3ccccc3[C@@H](C)CC)C2)c(=O)[nH]c1=O. The van der Waals surface area contributed by atoms with E-state index in [4.69, 9.17) is 5.73 Å². The molecule has 3 rings (SSSR count). The summed E-state index contributed by atoms with van der Waals surface area (Å²) in [5.74, 6) is -0.806. The minimum absolute atomic E-state index is 0.0182. The first kappa shape index (κ1) is 27.2. The molecule has 0 bridgehead atoms. The molecule has 1 aliphatic heterocycles. The Kier molecular flexibility index (Phi) is 8.76. The van der Waals surface area contributed by atoms with Gasteiger partial charge in [-0.15, -0.1) is 0 Å². The number of nitrogens with two attached hydrogens (primary N) is 1. The number of hydrogen-bond donors (Lipinski definition) is 2. The summed E-state index contributed by atoms with van der Waals surface area (Å²) in [6, 6.07) is 7.80. The minimum atomic E-state index is -0.692. The molecular weight excluding hydrogens is 458 g/mol. The Morgan fingerprint density at radius 1 is 1.17 bits per heavy atom. The number of rotatable bonds is 10. The molecule has 2 heterocycles. The largest absolute Gasteiger partial charge is 0.383 e. The van der Waals surface area contributed by atoms with Crippen LogP contribution in [0, 0.1) is 11.8 Å². The summed E-state index contributed by atoms with van der Waals surface area (Å²) in [5, 5.41) is 0. The van der Waals surface area contributed by atoms with Gasteiger partial charge >= 0.3 is 5.69 Å². The highest BCUT2D eigenvalue weighted by Crippen LogP contribution is 2.34. The van der Waals surface area contributed by atoms with Gasteiger partial charge in [-0.25, -0.2) is 4.79 Å². The lowest BCUT2D eigenvalue weighted by atomic mass is 9.96. The van der Waals surface area contributed by atoms with Gasteiger partial charge in [-0.1, -0.05) is 59.2 Å². The maximum absolute atomic E-state index is 13.8. The molecule has 1 saturated heterocycles. The first-order chi connectivity index (χ1) is 17.1. The number of hydrogen-bond acceptors (Lipinski definition) is 5. The average Bonchev–Trinajstić information content (AvgIpc) is 3.23. The first-order valence-corrected chi connectivity index (χ1v) is 12.9. The van der Waals surface area contributed by atoms with Crippen molar-refractivity contribution in [3.05, 3.63) is 50.7 Å². The van der Waals surface area contributed by atoms with E-state index >= 15 is 0 Å². The molecule has 1 fully saturated rings. The molecule has 0 saturated carbocycles. The summed E-state index contributed by atoms with van der Waals surface area (Å²) in [7, 11) is 0. The number of aromatic nitrogens is 2. The van der Waals surface area contributed by atoms with Crippen molar-refractivity contribution in [2.24, 2.45) is 11.8 Å². The third-order valence-electron chi connectivity index (χ3n) is 6.88. The molecule has 36 heavy (non-hydrogen) atoms. The molecule has 3 N–H and O–H groups in total. The van der Waals surface area contributed by atoms with Crippen LogP contribution in [0.2, 0.25) is 0 Å². The summed E-state index contributed by atoms with van der Waals surface area (Å²) in [6.45, 7) is 10.9. The van der Waals surface area contributed by atoms with E-state index in [1.54, 1.807) is 4.90 Å². The molecule has 1 aromatic carbocycles. The number of aromatic amines is 1. The smallest absolute Gasteiger partial charge is 0.330 e. The molecular formula is C27H39N5O4. The van der Waals surface area contributed by atoms with Crippen molar-refractivity contribution in [2.75, 3.05) is 28.6 Å². The topological polar surface area (TPSA) is 121 Å². The number of unbranched alkanes of at least 4 members (excludes halogenated alkanes) is 1. The fourth-order valence-corrected chi connectivity index (χ4v) is 4.73. The Balaban J connectivity index is 1.99. The van der Waals surface area contributed by atoms with Gasteiger partial charge < -0.3 is 15.5 Å². The third-order valence-corrected chi connectivity index (χ3v) is 6.88. The predicted octanol–water partition coefficient (Wildman–Crippen LogP) is 3.47. The molecule has 0 radical (unpaired) electrons. The molecule has 0 spiro atoms. The summed E-state index contributed by atoms with van der Waals surface area (Å²) in [4.78, 5) is 57.7. The zero-order valence-electron chi connectivity index (χ0n) is 22.0. The summed E-state index contributed by atoms with van der Waals surface area (Å²) in [5.41, 5.74) is 6.93. The van der Waals surface area contributed by atoms with Crippen LogP contribution in [0.3, 0.4) is 0 Å². The highest BCUT2D eigenvalue weighted by molar-refractivity contribution is 6.05. The zero-order valence-corrected chi connectivity index (χ0v) is 22.0. The van der Waals surface area contributed by atoms with Crippen molar-refractivity contribution in [1.29, 1.82) is 0 Å². The molecule has 1 aliphatic rings. The number of nitrogen functional groups attached to an aromatic ring is 1. The highest BCUT2D eigenvalue weighted by Gasteiger charge is 2.39. The van der Waals surface area contributed by atoms with Crippen LogP contribution in [0.4, 0.5) is 17.2 Å². The number of amides is 2. The number of anilines is 3. The average molecular weight is 498 g/mol. The van der Waals surface area contributed by atoms with Gasteiger partial charge in [0.05, 0.1) is 5.92 Å². The van der Waals surface area contributed by atoms with Gasteiger partial charge in [-0.3, -0.25) is 23.9 Å². The van der Waals surface area contributed by atoms with Crippen LogP contribution in [-0.4, -0.2) is 34.5 Å². The Labute approximate surface area is 212 Å². The van der Waals surface area contributed by atoms with Crippen molar-refractivity contribution in [1.82, 2.24) is 9.55 Å². The quantitative estimate of drug-likeness (QED) is 0.521. The lowest BCUT2D eigenvalue weighted by molar-refractivity contribution is -0.124. The van der Waals surface area contributed by atoms with Crippen LogP contribution in [0.15, 0.2) is 33.9 Å². The second-order valence-corrected chi connectivity index (χ2v) is 10.1. The standard InChI is InChI=1S/C27H39N5O4/c1-6-8-13-30-24(28)23(25(34)29-27(30)36)32(15-17(3)4)26(35)19-14-22(33)31(16-19)21-12-10-9-11-20(21)18(5)7-2/h9-12,17-19H,6-8,13-16,28H2,1-5H3,(H,29,34,36)/t18-,19-/m0/s1. The monoisotopic (exact) mass is 497 g/mol. The molecule has 9 nitrogen and oxygen atoms in total. The molecule has 2 amide bonds. The van der Waals surface area contributed by atoms with Gasteiger partial charge in [0.1, 0.15) is 5.82 Å². The highest BCUT2D eigenvalue weighted by atomic mass is 16.2. The number of carbonyl (C=O) groups is 2. The van der Waals surface area contributed by atoms with Gasteiger partial charge in [0, 0.05) is 31.7 Å². The van der Waals surface area contributed by atoms with Crippen LogP contribution >= 0.6 is 0 Å². The van der Waals surface area contributed by atoms with Crippen LogP contribution in [0.25, 0.3) is 0 Å². The number of nitrogens with zero attached hydrogens (tertiary/aromatic N) is 3. The molecule has 0 aliphatic carbocycles. The summed E-state index contributed by atoms with van der Waals surface area (Å²) in [6.07, 6.45) is 2.53. The molecule has 0 unspecified atom stereocenters. The summed E-state index contributed by atoms with van der Waals surface area (Å²) >= 11 is 0. The van der Waals surface area contributed by atoms with Gasteiger partial charge in [0.15, 0.2) is 5.69 Å². The van der Waals surface area contributed by atoms with Crippen LogP contribution in [-0.2, 0) is 16.1 Å². The fourth-order valence-electron chi connectivity index (χ4n) is 4.73. The fraction of sp³-hybridized carbons (Fsp3) is 0.556. The van der Waals surface area contributed by atoms with Gasteiger partial charge in [-0.2, -0.15) is 0 Å². The third kappa shape index (κ3) is 5.55. The number of carbonyl (C=O) groups excluding carboxylic acids is 2. The Morgan fingerprint density at radius 3 is 2.50 bits per heavy atom. The molecule has 1 aromatic heterocycles. The first-order valence-electron chi connectivity index (χ1n) is 12.9. The van der Waals surface area contributed by atoms with Crippen molar-refractivity contribution >= 4 is 29.0 Å². The van der Waals surface area contributed by atoms with E-state index in [0.717, 1.165) is 24.1 Å². The van der Waals surface area contributed by atoms with E-state index in [1.807, 2.05) is 45.0 Å². The van der Waals surface area contributed by atoms with Crippen LogP contribution in [0.1, 0.15) is 71.8 Å². The predicted molar refractivity (Wildman–Crippen MR) is 143 cm³/mol. The van der Waals surface area contributed by atoms with Crippen LogP contribution in [0.5, 0.6) is 0 Å². The molecule has 196 valence electrons.